The highest BCUT2D eigenvalue weighted by Crippen LogP contribution is 2.30. The molecule has 21 heavy (non-hydrogen) atoms. The van der Waals surface area contributed by atoms with E-state index in [1.54, 1.807) is 0 Å². The van der Waals surface area contributed by atoms with Gasteiger partial charge in [-0.25, -0.2) is 4.98 Å². The molecule has 0 amide bonds. The molecule has 3 rings (SSSR count). The summed E-state index contributed by atoms with van der Waals surface area (Å²) in [5, 5.41) is 4.25. The number of aryl methyl sites for hydroxylation is 1. The maximum Gasteiger partial charge on any atom is 0.203 e. The van der Waals surface area contributed by atoms with Crippen molar-refractivity contribution < 1.29 is 0 Å². The van der Waals surface area contributed by atoms with Crippen LogP contribution in [0.25, 0.3) is 0 Å². The lowest BCUT2D eigenvalue weighted by Crippen LogP contribution is -2.15. The fourth-order valence-corrected chi connectivity index (χ4v) is 3.19. The van der Waals surface area contributed by atoms with Crippen LogP contribution in [0.1, 0.15) is 49.4 Å². The van der Waals surface area contributed by atoms with Gasteiger partial charge < -0.3 is 9.88 Å². The molecule has 1 aliphatic carbocycles. The molecule has 0 saturated heterocycles. The van der Waals surface area contributed by atoms with E-state index in [9.17, 15) is 0 Å². The molecule has 3 nitrogen and oxygen atoms in total. The number of nitrogens with one attached hydrogen (secondary N) is 1. The summed E-state index contributed by atoms with van der Waals surface area (Å²) in [6, 6.07) is 8.56. The van der Waals surface area contributed by atoms with Crippen molar-refractivity contribution in [1.82, 2.24) is 9.55 Å². The fraction of sp³-hybridized carbons (Fsp3) is 0.471. The molecule has 1 aromatic heterocycles. The Morgan fingerprint density at radius 3 is 2.62 bits per heavy atom. The number of imidazole rings is 1. The van der Waals surface area contributed by atoms with Crippen LogP contribution in [-0.4, -0.2) is 9.55 Å². The minimum atomic E-state index is 0.604. The number of anilines is 1. The molecule has 0 atom stereocenters. The average Bonchev–Trinajstić information content (AvgIpc) is 2.89. The van der Waals surface area contributed by atoms with Crippen LogP contribution in [-0.2, 0) is 6.54 Å². The Balaban J connectivity index is 1.71. The molecular formula is C17H22ClN3. The second kappa shape index (κ2) is 6.52. The molecule has 1 N–H and O–H groups in total. The normalized spacial score (nSPS) is 16.1. The summed E-state index contributed by atoms with van der Waals surface area (Å²) in [6.07, 6.45) is 8.76. The molecular weight excluding hydrogens is 282 g/mol. The minimum Gasteiger partial charge on any atom is -0.352 e. The highest BCUT2D eigenvalue weighted by Gasteiger charge is 2.18. The van der Waals surface area contributed by atoms with Gasteiger partial charge in [0.15, 0.2) is 0 Å². The molecule has 0 spiro atoms. The molecule has 0 radical (unpaired) electrons. The van der Waals surface area contributed by atoms with Crippen molar-refractivity contribution in [2.24, 2.45) is 0 Å². The third kappa shape index (κ3) is 3.59. The summed E-state index contributed by atoms with van der Waals surface area (Å²) in [5.41, 5.74) is 2.30. The van der Waals surface area contributed by atoms with Crippen molar-refractivity contribution in [2.45, 2.75) is 51.6 Å². The highest BCUT2D eigenvalue weighted by atomic mass is 35.5. The lowest BCUT2D eigenvalue weighted by atomic mass is 9.95. The van der Waals surface area contributed by atoms with Crippen molar-refractivity contribution in [2.75, 3.05) is 5.32 Å². The van der Waals surface area contributed by atoms with Gasteiger partial charge in [-0.2, -0.15) is 0 Å². The average molecular weight is 304 g/mol. The van der Waals surface area contributed by atoms with E-state index in [0.717, 1.165) is 23.2 Å². The summed E-state index contributed by atoms with van der Waals surface area (Å²) in [6.45, 7) is 2.84. The van der Waals surface area contributed by atoms with Crippen LogP contribution in [0.5, 0.6) is 0 Å². The molecule has 1 heterocycles. The molecule has 112 valence electrons. The molecule has 1 fully saturated rings. The molecule has 0 aliphatic heterocycles. The first-order valence-corrected chi connectivity index (χ1v) is 8.14. The first-order valence-electron chi connectivity index (χ1n) is 7.76. The summed E-state index contributed by atoms with van der Waals surface area (Å²) in [7, 11) is 0. The van der Waals surface area contributed by atoms with Crippen LogP contribution in [0, 0.1) is 6.92 Å². The highest BCUT2D eigenvalue weighted by molar-refractivity contribution is 6.30. The van der Waals surface area contributed by atoms with E-state index in [1.807, 2.05) is 12.1 Å². The molecule has 4 heteroatoms. The van der Waals surface area contributed by atoms with Crippen LogP contribution in [0.15, 0.2) is 30.5 Å². The summed E-state index contributed by atoms with van der Waals surface area (Å²) < 4.78 is 2.34. The van der Waals surface area contributed by atoms with Gasteiger partial charge in [0, 0.05) is 23.8 Å². The Labute approximate surface area is 131 Å². The predicted octanol–water partition coefficient (Wildman–Crippen LogP) is 4.96. The van der Waals surface area contributed by atoms with Gasteiger partial charge in [-0.05, 0) is 37.5 Å². The van der Waals surface area contributed by atoms with E-state index in [2.05, 4.69) is 40.1 Å². The number of aromatic nitrogens is 2. The number of nitrogens with zero attached hydrogens (tertiary/aromatic N) is 2. The second-order valence-electron chi connectivity index (χ2n) is 5.89. The lowest BCUT2D eigenvalue weighted by molar-refractivity contribution is 0.355. The van der Waals surface area contributed by atoms with Gasteiger partial charge in [-0.3, -0.25) is 0 Å². The zero-order chi connectivity index (χ0) is 14.7. The van der Waals surface area contributed by atoms with Crippen molar-refractivity contribution in [3.63, 3.8) is 0 Å². The number of halogens is 1. The van der Waals surface area contributed by atoms with Gasteiger partial charge in [0.1, 0.15) is 0 Å². The summed E-state index contributed by atoms with van der Waals surface area (Å²) in [4.78, 5) is 4.64. The second-order valence-corrected chi connectivity index (χ2v) is 6.32. The zero-order valence-corrected chi connectivity index (χ0v) is 13.2. The van der Waals surface area contributed by atoms with E-state index >= 15 is 0 Å². The lowest BCUT2D eigenvalue weighted by Gasteiger charge is -2.24. The maximum atomic E-state index is 5.92. The van der Waals surface area contributed by atoms with Gasteiger partial charge in [0.2, 0.25) is 5.95 Å². The van der Waals surface area contributed by atoms with Gasteiger partial charge >= 0.3 is 0 Å². The Morgan fingerprint density at radius 2 is 1.90 bits per heavy atom. The minimum absolute atomic E-state index is 0.604. The molecule has 2 aromatic rings. The van der Waals surface area contributed by atoms with E-state index in [0.29, 0.717) is 6.04 Å². The van der Waals surface area contributed by atoms with Crippen molar-refractivity contribution in [3.05, 3.63) is 46.7 Å². The van der Waals surface area contributed by atoms with E-state index < -0.39 is 0 Å². The monoisotopic (exact) mass is 303 g/mol. The van der Waals surface area contributed by atoms with Crippen molar-refractivity contribution in [3.8, 4) is 0 Å². The van der Waals surface area contributed by atoms with Crippen LogP contribution in [0.3, 0.4) is 0 Å². The van der Waals surface area contributed by atoms with Crippen LogP contribution in [0.4, 0.5) is 5.95 Å². The SMILES string of the molecule is Cc1cn(C2CCCCC2)c(NCc2ccc(Cl)cc2)n1. The van der Waals surface area contributed by atoms with Crippen molar-refractivity contribution >= 4 is 17.5 Å². The number of hydrogen-bond donors (Lipinski definition) is 1. The first-order chi connectivity index (χ1) is 10.2. The maximum absolute atomic E-state index is 5.92. The van der Waals surface area contributed by atoms with Crippen LogP contribution >= 0.6 is 11.6 Å². The molecule has 1 aliphatic rings. The summed E-state index contributed by atoms with van der Waals surface area (Å²) >= 11 is 5.92. The Kier molecular flexibility index (Phi) is 4.49. The van der Waals surface area contributed by atoms with Gasteiger partial charge in [0.25, 0.3) is 0 Å². The third-order valence-corrected chi connectivity index (χ3v) is 4.44. The summed E-state index contributed by atoms with van der Waals surface area (Å²) in [5.74, 6) is 0.995. The van der Waals surface area contributed by atoms with Crippen molar-refractivity contribution in [1.29, 1.82) is 0 Å². The zero-order valence-electron chi connectivity index (χ0n) is 12.5. The topological polar surface area (TPSA) is 29.9 Å². The Bertz CT molecular complexity index is 583. The number of rotatable bonds is 4. The predicted molar refractivity (Wildman–Crippen MR) is 87.9 cm³/mol. The number of hydrogen-bond acceptors (Lipinski definition) is 2. The fourth-order valence-electron chi connectivity index (χ4n) is 3.07. The molecule has 1 aromatic carbocycles. The van der Waals surface area contributed by atoms with Gasteiger partial charge in [0.05, 0.1) is 5.69 Å². The van der Waals surface area contributed by atoms with Crippen LogP contribution in [0.2, 0.25) is 5.02 Å². The van der Waals surface area contributed by atoms with Gasteiger partial charge in [-0.15, -0.1) is 0 Å². The largest absolute Gasteiger partial charge is 0.352 e. The number of benzene rings is 1. The van der Waals surface area contributed by atoms with Crippen LogP contribution < -0.4 is 5.32 Å². The first kappa shape index (κ1) is 14.5. The quantitative estimate of drug-likeness (QED) is 0.865. The Morgan fingerprint density at radius 1 is 1.19 bits per heavy atom. The smallest absolute Gasteiger partial charge is 0.203 e. The van der Waals surface area contributed by atoms with Gasteiger partial charge in [-0.1, -0.05) is 43.0 Å². The molecule has 0 bridgehead atoms. The standard InChI is InChI=1S/C17H22ClN3/c1-13-12-21(16-5-3-2-4-6-16)17(20-13)19-11-14-7-9-15(18)10-8-14/h7-10,12,16H,2-6,11H2,1H3,(H,19,20). The molecule has 1 saturated carbocycles. The molecule has 0 unspecified atom stereocenters. The van der Waals surface area contributed by atoms with E-state index in [1.165, 1.54) is 37.7 Å². The van der Waals surface area contributed by atoms with E-state index in [4.69, 9.17) is 11.6 Å². The van der Waals surface area contributed by atoms with E-state index in [-0.39, 0.29) is 0 Å². The third-order valence-electron chi connectivity index (χ3n) is 4.18. The Hall–Kier alpha value is -1.48.